The van der Waals surface area contributed by atoms with Crippen molar-refractivity contribution in [3.05, 3.63) is 29.8 Å². The minimum atomic E-state index is -0.784. The molecule has 1 amide bonds. The van der Waals surface area contributed by atoms with Crippen molar-refractivity contribution in [3.8, 4) is 5.75 Å². The molecule has 1 N–H and O–H groups in total. The van der Waals surface area contributed by atoms with Crippen molar-refractivity contribution in [2.75, 3.05) is 40.8 Å². The number of methoxy groups -OCH3 is 1. The summed E-state index contributed by atoms with van der Waals surface area (Å²) in [6.45, 7) is 1.61. The molecule has 21 heavy (non-hydrogen) atoms. The molecule has 0 aliphatic carbocycles. The van der Waals surface area contributed by atoms with Gasteiger partial charge in [0, 0.05) is 13.1 Å². The highest BCUT2D eigenvalue weighted by Gasteiger charge is 2.38. The van der Waals surface area contributed by atoms with Crippen molar-refractivity contribution in [3.63, 3.8) is 0 Å². The van der Waals surface area contributed by atoms with Gasteiger partial charge in [0.05, 0.1) is 25.7 Å². The summed E-state index contributed by atoms with van der Waals surface area (Å²) in [6, 6.07) is 7.54. The smallest absolute Gasteiger partial charge is 0.227 e. The molecule has 0 bridgehead atoms. The number of amides is 1. The Morgan fingerprint density at radius 2 is 2.24 bits per heavy atom. The van der Waals surface area contributed by atoms with Crippen LogP contribution in [0.1, 0.15) is 12.0 Å². The van der Waals surface area contributed by atoms with Crippen LogP contribution in [0.2, 0.25) is 0 Å². The Morgan fingerprint density at radius 3 is 2.90 bits per heavy atom. The second-order valence-electron chi connectivity index (χ2n) is 6.06. The SMILES string of the molecule is COc1cccc(CC(=O)N2CCC(O)(CN(C)C)C2)c1. The van der Waals surface area contributed by atoms with Crippen LogP contribution in [-0.4, -0.2) is 67.3 Å². The molecule has 1 aromatic rings. The van der Waals surface area contributed by atoms with E-state index in [1.54, 1.807) is 12.0 Å². The molecule has 5 heteroatoms. The summed E-state index contributed by atoms with van der Waals surface area (Å²) in [5, 5.41) is 10.5. The van der Waals surface area contributed by atoms with Crippen molar-refractivity contribution in [1.82, 2.24) is 9.80 Å². The Hall–Kier alpha value is -1.59. The molecule has 1 heterocycles. The number of carbonyl (C=O) groups excluding carboxylic acids is 1. The molecule has 1 unspecified atom stereocenters. The van der Waals surface area contributed by atoms with Gasteiger partial charge in [-0.25, -0.2) is 0 Å². The van der Waals surface area contributed by atoms with Gasteiger partial charge in [-0.05, 0) is 38.2 Å². The molecule has 1 aliphatic rings. The first-order chi connectivity index (χ1) is 9.92. The number of nitrogens with zero attached hydrogens (tertiary/aromatic N) is 2. The Morgan fingerprint density at radius 1 is 1.48 bits per heavy atom. The van der Waals surface area contributed by atoms with Crippen LogP contribution < -0.4 is 4.74 Å². The predicted molar refractivity (Wildman–Crippen MR) is 81.4 cm³/mol. The molecule has 1 aromatic carbocycles. The van der Waals surface area contributed by atoms with Crippen LogP contribution in [0.15, 0.2) is 24.3 Å². The van der Waals surface area contributed by atoms with Crippen molar-refractivity contribution < 1.29 is 14.6 Å². The molecular weight excluding hydrogens is 268 g/mol. The fourth-order valence-electron chi connectivity index (χ4n) is 2.86. The lowest BCUT2D eigenvalue weighted by atomic mass is 10.0. The fraction of sp³-hybridized carbons (Fsp3) is 0.562. The quantitative estimate of drug-likeness (QED) is 0.871. The molecule has 1 saturated heterocycles. The van der Waals surface area contributed by atoms with Crippen LogP contribution in [0, 0.1) is 0 Å². The zero-order chi connectivity index (χ0) is 15.5. The number of hydrogen-bond donors (Lipinski definition) is 1. The topological polar surface area (TPSA) is 53.0 Å². The van der Waals surface area contributed by atoms with E-state index in [0.717, 1.165) is 11.3 Å². The summed E-state index contributed by atoms with van der Waals surface area (Å²) in [7, 11) is 5.47. The lowest BCUT2D eigenvalue weighted by molar-refractivity contribution is -0.130. The Kier molecular flexibility index (Phi) is 4.85. The summed E-state index contributed by atoms with van der Waals surface area (Å²) in [5.74, 6) is 0.809. The van der Waals surface area contributed by atoms with E-state index < -0.39 is 5.60 Å². The van der Waals surface area contributed by atoms with Gasteiger partial charge in [-0.2, -0.15) is 0 Å². The van der Waals surface area contributed by atoms with E-state index in [4.69, 9.17) is 4.74 Å². The highest BCUT2D eigenvalue weighted by atomic mass is 16.5. The number of β-amino-alcohol motifs (C(OH)–C–C–N with tert-alkyl or cyclic N) is 1. The van der Waals surface area contributed by atoms with Crippen LogP contribution in [0.5, 0.6) is 5.75 Å². The average Bonchev–Trinajstić information content (AvgIpc) is 2.80. The second kappa shape index (κ2) is 6.45. The standard InChI is InChI=1S/C16H24N2O3/c1-17(2)11-16(20)7-8-18(12-16)15(19)10-13-5-4-6-14(9-13)21-3/h4-6,9,20H,7-8,10-12H2,1-3H3. The van der Waals surface area contributed by atoms with Crippen molar-refractivity contribution in [1.29, 1.82) is 0 Å². The molecular formula is C16H24N2O3. The average molecular weight is 292 g/mol. The highest BCUT2D eigenvalue weighted by Crippen LogP contribution is 2.23. The lowest BCUT2D eigenvalue weighted by Crippen LogP contribution is -2.43. The van der Waals surface area contributed by atoms with Crippen LogP contribution >= 0.6 is 0 Å². The lowest BCUT2D eigenvalue weighted by Gasteiger charge is -2.26. The second-order valence-corrected chi connectivity index (χ2v) is 6.06. The number of rotatable bonds is 5. The molecule has 1 atom stereocenters. The number of ether oxygens (including phenoxy) is 1. The first-order valence-electron chi connectivity index (χ1n) is 7.20. The van der Waals surface area contributed by atoms with E-state index in [1.807, 2.05) is 43.3 Å². The van der Waals surface area contributed by atoms with Gasteiger partial charge in [0.15, 0.2) is 0 Å². The van der Waals surface area contributed by atoms with Crippen LogP contribution in [0.4, 0.5) is 0 Å². The molecule has 2 rings (SSSR count). The van der Waals surface area contributed by atoms with E-state index >= 15 is 0 Å². The third-order valence-corrected chi connectivity index (χ3v) is 3.79. The number of benzene rings is 1. The third-order valence-electron chi connectivity index (χ3n) is 3.79. The van der Waals surface area contributed by atoms with Crippen LogP contribution in [-0.2, 0) is 11.2 Å². The third kappa shape index (κ3) is 4.19. The Bertz CT molecular complexity index is 504. The van der Waals surface area contributed by atoms with Gasteiger partial charge in [-0.1, -0.05) is 12.1 Å². The van der Waals surface area contributed by atoms with Crippen LogP contribution in [0.25, 0.3) is 0 Å². The van der Waals surface area contributed by atoms with Crippen molar-refractivity contribution in [2.24, 2.45) is 0 Å². The minimum absolute atomic E-state index is 0.0536. The molecule has 0 saturated carbocycles. The van der Waals surface area contributed by atoms with Gasteiger partial charge in [-0.3, -0.25) is 4.79 Å². The van der Waals surface area contributed by atoms with E-state index in [9.17, 15) is 9.90 Å². The maximum Gasteiger partial charge on any atom is 0.227 e. The summed E-state index contributed by atoms with van der Waals surface area (Å²) in [6.07, 6.45) is 0.976. The number of carbonyl (C=O) groups is 1. The van der Waals surface area contributed by atoms with Gasteiger partial charge < -0.3 is 19.6 Å². The molecule has 0 radical (unpaired) electrons. The first kappa shape index (κ1) is 15.8. The number of likely N-dealkylation sites (tertiary alicyclic amines) is 1. The Labute approximate surface area is 126 Å². The van der Waals surface area contributed by atoms with Crippen LogP contribution in [0.3, 0.4) is 0 Å². The van der Waals surface area contributed by atoms with E-state index in [-0.39, 0.29) is 5.91 Å². The summed E-state index contributed by atoms with van der Waals surface area (Å²) >= 11 is 0. The summed E-state index contributed by atoms with van der Waals surface area (Å²) in [4.78, 5) is 16.1. The van der Waals surface area contributed by atoms with Crippen molar-refractivity contribution in [2.45, 2.75) is 18.4 Å². The molecule has 5 nitrogen and oxygen atoms in total. The predicted octanol–water partition coefficient (Wildman–Crippen LogP) is 0.763. The van der Waals surface area contributed by atoms with Gasteiger partial charge in [-0.15, -0.1) is 0 Å². The molecule has 1 aliphatic heterocycles. The zero-order valence-electron chi connectivity index (χ0n) is 13.0. The molecule has 1 fully saturated rings. The van der Waals surface area contributed by atoms with Gasteiger partial charge >= 0.3 is 0 Å². The zero-order valence-corrected chi connectivity index (χ0v) is 13.0. The van der Waals surface area contributed by atoms with Crippen molar-refractivity contribution >= 4 is 5.91 Å². The maximum atomic E-state index is 12.3. The molecule has 0 spiro atoms. The summed E-state index contributed by atoms with van der Waals surface area (Å²) in [5.41, 5.74) is 0.149. The summed E-state index contributed by atoms with van der Waals surface area (Å²) < 4.78 is 5.17. The molecule has 0 aromatic heterocycles. The highest BCUT2D eigenvalue weighted by molar-refractivity contribution is 5.79. The van der Waals surface area contributed by atoms with Gasteiger partial charge in [0.1, 0.15) is 5.75 Å². The van der Waals surface area contributed by atoms with Gasteiger partial charge in [0.25, 0.3) is 0 Å². The van der Waals surface area contributed by atoms with E-state index in [2.05, 4.69) is 0 Å². The first-order valence-corrected chi connectivity index (χ1v) is 7.20. The van der Waals surface area contributed by atoms with E-state index in [0.29, 0.717) is 32.5 Å². The minimum Gasteiger partial charge on any atom is -0.497 e. The monoisotopic (exact) mass is 292 g/mol. The number of aliphatic hydroxyl groups is 1. The largest absolute Gasteiger partial charge is 0.497 e. The van der Waals surface area contributed by atoms with E-state index in [1.165, 1.54) is 0 Å². The fourth-order valence-corrected chi connectivity index (χ4v) is 2.86. The Balaban J connectivity index is 1.95. The maximum absolute atomic E-state index is 12.3. The van der Waals surface area contributed by atoms with Gasteiger partial charge in [0.2, 0.25) is 5.91 Å². The molecule has 116 valence electrons. The number of hydrogen-bond acceptors (Lipinski definition) is 4. The number of likely N-dealkylation sites (N-methyl/N-ethyl adjacent to an activating group) is 1. The normalized spacial score (nSPS) is 21.9.